The van der Waals surface area contributed by atoms with E-state index in [9.17, 15) is 4.79 Å². The molecule has 0 aromatic carbocycles. The number of hydrogen-bond acceptors (Lipinski definition) is 3. The molecule has 0 saturated carbocycles. The first kappa shape index (κ1) is 8.23. The lowest BCUT2D eigenvalue weighted by atomic mass is 10.3. The van der Waals surface area contributed by atoms with Crippen LogP contribution in [0.1, 0.15) is 6.92 Å². The molecule has 1 fully saturated rings. The zero-order valence-electron chi connectivity index (χ0n) is 6.42. The molecule has 4 heteroatoms. The predicted octanol–water partition coefficient (Wildman–Crippen LogP) is 0.00910. The van der Waals surface area contributed by atoms with E-state index >= 15 is 0 Å². The first-order chi connectivity index (χ1) is 5.20. The Labute approximate surface area is 65.2 Å². The number of carbonyl (C=O) groups excluding carboxylic acids is 1. The summed E-state index contributed by atoms with van der Waals surface area (Å²) in [5, 5.41) is 2.50. The van der Waals surface area contributed by atoms with E-state index in [0.717, 1.165) is 0 Å². The Kier molecular flexibility index (Phi) is 2.62. The molecule has 0 atom stereocenters. The van der Waals surface area contributed by atoms with Crippen LogP contribution in [0.25, 0.3) is 0 Å². The summed E-state index contributed by atoms with van der Waals surface area (Å²) in [6.45, 7) is 6.16. The van der Waals surface area contributed by atoms with Gasteiger partial charge in [0.25, 0.3) is 0 Å². The molecule has 1 aliphatic rings. The van der Waals surface area contributed by atoms with Gasteiger partial charge in [0.05, 0.1) is 13.2 Å². The van der Waals surface area contributed by atoms with Crippen molar-refractivity contribution in [2.24, 2.45) is 0 Å². The van der Waals surface area contributed by atoms with E-state index in [1.165, 1.54) is 0 Å². The minimum atomic E-state index is -0.584. The highest BCUT2D eigenvalue weighted by Gasteiger charge is 2.17. The van der Waals surface area contributed by atoms with Gasteiger partial charge in [-0.1, -0.05) is 6.58 Å². The smallest absolute Gasteiger partial charge is 0.250 e. The molecular weight excluding hydrogens is 146 g/mol. The second-order valence-corrected chi connectivity index (χ2v) is 2.33. The van der Waals surface area contributed by atoms with Gasteiger partial charge in [0, 0.05) is 5.57 Å². The van der Waals surface area contributed by atoms with Crippen molar-refractivity contribution in [2.75, 3.05) is 13.2 Å². The van der Waals surface area contributed by atoms with Crippen molar-refractivity contribution in [2.45, 2.75) is 13.3 Å². The van der Waals surface area contributed by atoms with Crippen LogP contribution in [0.3, 0.4) is 0 Å². The van der Waals surface area contributed by atoms with Crippen molar-refractivity contribution in [1.29, 1.82) is 0 Å². The number of rotatable bonds is 2. The molecule has 11 heavy (non-hydrogen) atoms. The van der Waals surface area contributed by atoms with Crippen LogP contribution in [0.2, 0.25) is 0 Å². The van der Waals surface area contributed by atoms with E-state index in [0.29, 0.717) is 18.8 Å². The maximum atomic E-state index is 10.9. The monoisotopic (exact) mass is 157 g/mol. The van der Waals surface area contributed by atoms with Crippen LogP contribution in [-0.4, -0.2) is 25.5 Å². The standard InChI is InChI=1S/C7H11NO3/c1-5(2)6(9)8-7-10-3-4-11-7/h7H,1,3-4H2,2H3,(H,8,9). The van der Waals surface area contributed by atoms with E-state index in [4.69, 9.17) is 9.47 Å². The summed E-state index contributed by atoms with van der Waals surface area (Å²) in [6, 6.07) is 0. The van der Waals surface area contributed by atoms with Gasteiger partial charge in [-0.2, -0.15) is 0 Å². The van der Waals surface area contributed by atoms with Gasteiger partial charge in [0.15, 0.2) is 0 Å². The molecular formula is C7H11NO3. The maximum absolute atomic E-state index is 10.9. The lowest BCUT2D eigenvalue weighted by Crippen LogP contribution is -2.35. The summed E-state index contributed by atoms with van der Waals surface area (Å²) in [6.07, 6.45) is -0.584. The third-order valence-electron chi connectivity index (χ3n) is 1.26. The van der Waals surface area contributed by atoms with E-state index in [2.05, 4.69) is 11.9 Å². The molecule has 62 valence electrons. The Balaban J connectivity index is 2.29. The highest BCUT2D eigenvalue weighted by molar-refractivity contribution is 5.92. The zero-order valence-corrected chi connectivity index (χ0v) is 6.42. The van der Waals surface area contributed by atoms with Crippen molar-refractivity contribution in [3.05, 3.63) is 12.2 Å². The number of ether oxygens (including phenoxy) is 2. The Morgan fingerprint density at radius 1 is 1.55 bits per heavy atom. The summed E-state index contributed by atoms with van der Waals surface area (Å²) in [5.41, 5.74) is 0.448. The molecule has 1 aliphatic heterocycles. The van der Waals surface area contributed by atoms with Crippen molar-refractivity contribution < 1.29 is 14.3 Å². The van der Waals surface area contributed by atoms with E-state index < -0.39 is 6.41 Å². The van der Waals surface area contributed by atoms with Crippen LogP contribution in [0.15, 0.2) is 12.2 Å². The summed E-state index contributed by atoms with van der Waals surface area (Å²) in [4.78, 5) is 10.9. The quantitative estimate of drug-likeness (QED) is 0.574. The fourth-order valence-electron chi connectivity index (χ4n) is 0.672. The first-order valence-corrected chi connectivity index (χ1v) is 3.40. The summed E-state index contributed by atoms with van der Waals surface area (Å²) >= 11 is 0. The van der Waals surface area contributed by atoms with Crippen LogP contribution in [0.5, 0.6) is 0 Å². The van der Waals surface area contributed by atoms with Crippen LogP contribution >= 0.6 is 0 Å². The molecule has 1 heterocycles. The van der Waals surface area contributed by atoms with Crippen molar-refractivity contribution in [3.8, 4) is 0 Å². The molecule has 1 N–H and O–H groups in total. The van der Waals surface area contributed by atoms with Crippen molar-refractivity contribution in [3.63, 3.8) is 0 Å². The summed E-state index contributed by atoms with van der Waals surface area (Å²) < 4.78 is 9.96. The van der Waals surface area contributed by atoms with Gasteiger partial charge in [-0.3, -0.25) is 4.79 Å². The largest absolute Gasteiger partial charge is 0.333 e. The van der Waals surface area contributed by atoms with Crippen LogP contribution in [-0.2, 0) is 14.3 Å². The molecule has 1 saturated heterocycles. The van der Waals surface area contributed by atoms with Gasteiger partial charge in [-0.25, -0.2) is 0 Å². The number of hydrogen-bond donors (Lipinski definition) is 1. The van der Waals surface area contributed by atoms with Crippen molar-refractivity contribution >= 4 is 5.91 Å². The average Bonchev–Trinajstić information content (AvgIpc) is 2.39. The van der Waals surface area contributed by atoms with Crippen molar-refractivity contribution in [1.82, 2.24) is 5.32 Å². The van der Waals surface area contributed by atoms with Crippen LogP contribution < -0.4 is 5.32 Å². The van der Waals surface area contributed by atoms with Crippen LogP contribution in [0.4, 0.5) is 0 Å². The van der Waals surface area contributed by atoms with E-state index in [1.807, 2.05) is 0 Å². The summed E-state index contributed by atoms with van der Waals surface area (Å²) in [7, 11) is 0. The third kappa shape index (κ3) is 2.32. The lowest BCUT2D eigenvalue weighted by molar-refractivity contribution is -0.130. The Morgan fingerprint density at radius 3 is 2.55 bits per heavy atom. The highest BCUT2D eigenvalue weighted by Crippen LogP contribution is 2.00. The molecule has 0 aliphatic carbocycles. The molecule has 1 amide bonds. The average molecular weight is 157 g/mol. The van der Waals surface area contributed by atoms with Crippen LogP contribution in [0, 0.1) is 0 Å². The lowest BCUT2D eigenvalue weighted by Gasteiger charge is -2.10. The second kappa shape index (κ2) is 3.50. The molecule has 0 aromatic heterocycles. The first-order valence-electron chi connectivity index (χ1n) is 3.40. The highest BCUT2D eigenvalue weighted by atomic mass is 16.7. The molecule has 0 radical (unpaired) electrons. The molecule has 1 rings (SSSR count). The second-order valence-electron chi connectivity index (χ2n) is 2.33. The van der Waals surface area contributed by atoms with Gasteiger partial charge in [-0.05, 0) is 6.92 Å². The fraction of sp³-hybridized carbons (Fsp3) is 0.571. The van der Waals surface area contributed by atoms with Gasteiger partial charge in [0.1, 0.15) is 0 Å². The minimum Gasteiger partial charge on any atom is -0.333 e. The number of amides is 1. The summed E-state index contributed by atoms with van der Waals surface area (Å²) in [5.74, 6) is -0.239. The zero-order chi connectivity index (χ0) is 8.27. The fourth-order valence-corrected chi connectivity index (χ4v) is 0.672. The molecule has 0 spiro atoms. The topological polar surface area (TPSA) is 47.6 Å². The Morgan fingerprint density at radius 2 is 2.09 bits per heavy atom. The van der Waals surface area contributed by atoms with E-state index in [-0.39, 0.29) is 5.91 Å². The molecule has 4 nitrogen and oxygen atoms in total. The molecule has 0 aromatic rings. The molecule has 0 unspecified atom stereocenters. The van der Waals surface area contributed by atoms with Gasteiger partial charge in [-0.15, -0.1) is 0 Å². The van der Waals surface area contributed by atoms with E-state index in [1.54, 1.807) is 6.92 Å². The molecule has 0 bridgehead atoms. The predicted molar refractivity (Wildman–Crippen MR) is 38.6 cm³/mol. The van der Waals surface area contributed by atoms with Gasteiger partial charge in [0.2, 0.25) is 12.3 Å². The maximum Gasteiger partial charge on any atom is 0.250 e. The minimum absolute atomic E-state index is 0.239. The SMILES string of the molecule is C=C(C)C(=O)NC1OCCO1. The number of carbonyl (C=O) groups is 1. The number of nitrogens with one attached hydrogen (secondary N) is 1. The van der Waals surface area contributed by atoms with Gasteiger partial charge < -0.3 is 14.8 Å². The third-order valence-corrected chi connectivity index (χ3v) is 1.26. The normalized spacial score (nSPS) is 18.3. The Hall–Kier alpha value is -0.870. The Bertz CT molecular complexity index is 173. The van der Waals surface area contributed by atoms with Gasteiger partial charge >= 0.3 is 0 Å².